The maximum Gasteiger partial charge on any atom is 0.224 e. The van der Waals surface area contributed by atoms with Gasteiger partial charge < -0.3 is 10.2 Å². The van der Waals surface area contributed by atoms with Gasteiger partial charge in [0.2, 0.25) is 5.91 Å². The van der Waals surface area contributed by atoms with Crippen LogP contribution in [0.2, 0.25) is 0 Å². The van der Waals surface area contributed by atoms with Crippen molar-refractivity contribution < 1.29 is 9.18 Å². The zero-order chi connectivity index (χ0) is 21.7. The van der Waals surface area contributed by atoms with E-state index in [1.54, 1.807) is 0 Å². The topological polar surface area (TPSA) is 53.4 Å². The van der Waals surface area contributed by atoms with Crippen LogP contribution in [0.15, 0.2) is 24.3 Å². The highest BCUT2D eigenvalue weighted by Crippen LogP contribution is 2.17. The van der Waals surface area contributed by atoms with Crippen molar-refractivity contribution in [3.05, 3.63) is 47.0 Å². The van der Waals surface area contributed by atoms with Crippen molar-refractivity contribution in [2.75, 3.05) is 44.2 Å². The van der Waals surface area contributed by atoms with Gasteiger partial charge in [-0.3, -0.25) is 14.4 Å². The summed E-state index contributed by atoms with van der Waals surface area (Å²) in [5.41, 5.74) is 4.14. The normalized spacial score (nSPS) is 15.1. The molecule has 0 saturated carbocycles. The number of hydrogen-bond donors (Lipinski definition) is 1. The molecule has 2 heterocycles. The standard InChI is InChI=1S/C23H34FN5O/c1-17(2)16-29-19(4)22(18(3)26-29)15-23(30)25-9-10-27-11-13-28(14-12-27)21-7-5-20(24)6-8-21/h5-8,17H,9-16H2,1-4H3,(H,25,30). The molecule has 1 fully saturated rings. The van der Waals surface area contributed by atoms with Gasteiger partial charge in [0.15, 0.2) is 0 Å². The lowest BCUT2D eigenvalue weighted by Crippen LogP contribution is -2.48. The van der Waals surface area contributed by atoms with Gasteiger partial charge in [-0.25, -0.2) is 4.39 Å². The molecule has 1 saturated heterocycles. The Morgan fingerprint density at radius 3 is 2.43 bits per heavy atom. The van der Waals surface area contributed by atoms with Gasteiger partial charge in [-0.1, -0.05) is 13.8 Å². The number of benzene rings is 1. The van der Waals surface area contributed by atoms with Crippen LogP contribution in [-0.2, 0) is 17.8 Å². The molecular formula is C23H34FN5O. The Labute approximate surface area is 179 Å². The zero-order valence-electron chi connectivity index (χ0n) is 18.6. The van der Waals surface area contributed by atoms with Crippen molar-refractivity contribution in [2.24, 2.45) is 5.92 Å². The Morgan fingerprint density at radius 1 is 1.13 bits per heavy atom. The predicted octanol–water partition coefficient (Wildman–Crippen LogP) is 2.78. The molecule has 1 aliphatic rings. The minimum absolute atomic E-state index is 0.0512. The molecule has 1 aromatic heterocycles. The summed E-state index contributed by atoms with van der Waals surface area (Å²) in [6, 6.07) is 6.68. The molecule has 0 bridgehead atoms. The molecule has 0 atom stereocenters. The molecule has 0 spiro atoms. The number of carbonyl (C=O) groups excluding carboxylic acids is 1. The number of hydrogen-bond acceptors (Lipinski definition) is 4. The van der Waals surface area contributed by atoms with Gasteiger partial charge in [0.25, 0.3) is 0 Å². The summed E-state index contributed by atoms with van der Waals surface area (Å²) in [6.07, 6.45) is 0.383. The van der Waals surface area contributed by atoms with Crippen LogP contribution in [0.1, 0.15) is 30.8 Å². The third kappa shape index (κ3) is 5.81. The van der Waals surface area contributed by atoms with E-state index in [1.807, 2.05) is 30.7 Å². The van der Waals surface area contributed by atoms with Crippen molar-refractivity contribution in [3.63, 3.8) is 0 Å². The number of nitrogens with one attached hydrogen (secondary N) is 1. The molecule has 2 aromatic rings. The maximum absolute atomic E-state index is 13.1. The first-order valence-electron chi connectivity index (χ1n) is 10.9. The van der Waals surface area contributed by atoms with Gasteiger partial charge >= 0.3 is 0 Å². The zero-order valence-corrected chi connectivity index (χ0v) is 18.6. The Bertz CT molecular complexity index is 838. The first kappa shape index (κ1) is 22.3. The fourth-order valence-electron chi connectivity index (χ4n) is 3.97. The molecule has 7 heteroatoms. The number of piperazine rings is 1. The molecule has 30 heavy (non-hydrogen) atoms. The van der Waals surface area contributed by atoms with Crippen LogP contribution in [0.25, 0.3) is 0 Å². The lowest BCUT2D eigenvalue weighted by atomic mass is 10.1. The van der Waals surface area contributed by atoms with E-state index >= 15 is 0 Å². The number of rotatable bonds is 8. The fourth-order valence-corrected chi connectivity index (χ4v) is 3.97. The van der Waals surface area contributed by atoms with E-state index in [2.05, 4.69) is 34.1 Å². The van der Waals surface area contributed by atoms with Gasteiger partial charge in [0.05, 0.1) is 12.1 Å². The smallest absolute Gasteiger partial charge is 0.224 e. The van der Waals surface area contributed by atoms with Crippen molar-refractivity contribution in [1.29, 1.82) is 0 Å². The van der Waals surface area contributed by atoms with E-state index in [0.29, 0.717) is 18.9 Å². The second-order valence-corrected chi connectivity index (χ2v) is 8.56. The van der Waals surface area contributed by atoms with E-state index < -0.39 is 0 Å². The molecule has 164 valence electrons. The van der Waals surface area contributed by atoms with Crippen molar-refractivity contribution >= 4 is 11.6 Å². The number of aromatic nitrogens is 2. The molecule has 0 aliphatic carbocycles. The lowest BCUT2D eigenvalue weighted by molar-refractivity contribution is -0.120. The van der Waals surface area contributed by atoms with E-state index in [-0.39, 0.29) is 11.7 Å². The van der Waals surface area contributed by atoms with E-state index in [9.17, 15) is 9.18 Å². The average Bonchev–Trinajstić information content (AvgIpc) is 2.96. The summed E-state index contributed by atoms with van der Waals surface area (Å²) in [7, 11) is 0. The van der Waals surface area contributed by atoms with Crippen molar-refractivity contribution in [1.82, 2.24) is 20.0 Å². The van der Waals surface area contributed by atoms with Crippen LogP contribution in [0, 0.1) is 25.6 Å². The summed E-state index contributed by atoms with van der Waals surface area (Å²) in [5.74, 6) is 0.370. The van der Waals surface area contributed by atoms with E-state index in [1.165, 1.54) is 12.1 Å². The molecule has 1 aromatic carbocycles. The van der Waals surface area contributed by atoms with Gasteiger partial charge in [0.1, 0.15) is 5.82 Å². The fraction of sp³-hybridized carbons (Fsp3) is 0.565. The van der Waals surface area contributed by atoms with Crippen LogP contribution in [0.3, 0.4) is 0 Å². The maximum atomic E-state index is 13.1. The van der Waals surface area contributed by atoms with E-state index in [0.717, 1.165) is 61.9 Å². The Morgan fingerprint density at radius 2 is 1.80 bits per heavy atom. The number of anilines is 1. The number of amides is 1. The van der Waals surface area contributed by atoms with E-state index in [4.69, 9.17) is 0 Å². The third-order valence-corrected chi connectivity index (χ3v) is 5.72. The quantitative estimate of drug-likeness (QED) is 0.720. The number of carbonyl (C=O) groups is 1. The van der Waals surface area contributed by atoms with Gasteiger partial charge in [-0.2, -0.15) is 5.10 Å². The monoisotopic (exact) mass is 415 g/mol. The van der Waals surface area contributed by atoms with Gasteiger partial charge in [-0.05, 0) is 44.0 Å². The van der Waals surface area contributed by atoms with Crippen LogP contribution < -0.4 is 10.2 Å². The number of nitrogens with zero attached hydrogens (tertiary/aromatic N) is 4. The number of halogens is 1. The highest BCUT2D eigenvalue weighted by atomic mass is 19.1. The highest BCUT2D eigenvalue weighted by Gasteiger charge is 2.18. The summed E-state index contributed by atoms with van der Waals surface area (Å²) < 4.78 is 15.1. The largest absolute Gasteiger partial charge is 0.369 e. The molecule has 0 radical (unpaired) electrons. The third-order valence-electron chi connectivity index (χ3n) is 5.72. The van der Waals surface area contributed by atoms with Gasteiger partial charge in [-0.15, -0.1) is 0 Å². The molecule has 1 aliphatic heterocycles. The van der Waals surface area contributed by atoms with Crippen LogP contribution in [0.4, 0.5) is 10.1 Å². The minimum Gasteiger partial charge on any atom is -0.369 e. The highest BCUT2D eigenvalue weighted by molar-refractivity contribution is 5.79. The Hall–Kier alpha value is -2.41. The van der Waals surface area contributed by atoms with Gasteiger partial charge in [0, 0.05) is 62.8 Å². The molecule has 6 nitrogen and oxygen atoms in total. The Balaban J connectivity index is 1.40. The average molecular weight is 416 g/mol. The summed E-state index contributed by atoms with van der Waals surface area (Å²) >= 11 is 0. The van der Waals surface area contributed by atoms with Crippen LogP contribution >= 0.6 is 0 Å². The molecule has 3 rings (SSSR count). The minimum atomic E-state index is -0.203. The van der Waals surface area contributed by atoms with Crippen LogP contribution in [-0.4, -0.2) is 59.9 Å². The summed E-state index contributed by atoms with van der Waals surface area (Å²) in [5, 5.41) is 7.66. The molecule has 0 unspecified atom stereocenters. The predicted molar refractivity (Wildman–Crippen MR) is 118 cm³/mol. The SMILES string of the molecule is Cc1nn(CC(C)C)c(C)c1CC(=O)NCCN1CCN(c2ccc(F)cc2)CC1. The molecule has 1 N–H and O–H groups in total. The van der Waals surface area contributed by atoms with Crippen molar-refractivity contribution in [3.8, 4) is 0 Å². The molecular weight excluding hydrogens is 381 g/mol. The Kier molecular flexibility index (Phi) is 7.48. The second kappa shape index (κ2) is 10.1. The first-order chi connectivity index (χ1) is 14.3. The molecule has 1 amide bonds. The van der Waals surface area contributed by atoms with Crippen molar-refractivity contribution in [2.45, 2.75) is 40.7 Å². The summed E-state index contributed by atoms with van der Waals surface area (Å²) in [6.45, 7) is 14.4. The lowest BCUT2D eigenvalue weighted by Gasteiger charge is -2.36. The number of aryl methyl sites for hydroxylation is 1. The summed E-state index contributed by atoms with van der Waals surface area (Å²) in [4.78, 5) is 17.1. The van der Waals surface area contributed by atoms with Crippen LogP contribution in [0.5, 0.6) is 0 Å². The second-order valence-electron chi connectivity index (χ2n) is 8.56. The first-order valence-corrected chi connectivity index (χ1v) is 10.9.